The van der Waals surface area contributed by atoms with Gasteiger partial charge in [0.25, 0.3) is 5.91 Å². The Hall–Kier alpha value is -2.84. The molecule has 0 radical (unpaired) electrons. The SMILES string of the molecule is C#CCn1c(=NC(=O)c2cccc(OCCCC)c2)sc2cccc(C)c21. The molecule has 0 aliphatic heterocycles. The Morgan fingerprint density at radius 1 is 1.30 bits per heavy atom. The first kappa shape index (κ1) is 18.9. The summed E-state index contributed by atoms with van der Waals surface area (Å²) < 4.78 is 8.68. The van der Waals surface area contributed by atoms with Gasteiger partial charge in [0.15, 0.2) is 4.80 Å². The molecule has 3 aromatic rings. The van der Waals surface area contributed by atoms with Crippen LogP contribution in [0.25, 0.3) is 10.2 Å². The average Bonchev–Trinajstić information content (AvgIpc) is 3.01. The van der Waals surface area contributed by atoms with E-state index in [9.17, 15) is 4.79 Å². The lowest BCUT2D eigenvalue weighted by molar-refractivity contribution is 0.0997. The van der Waals surface area contributed by atoms with Crippen LogP contribution in [-0.2, 0) is 6.54 Å². The molecule has 4 nitrogen and oxygen atoms in total. The van der Waals surface area contributed by atoms with E-state index < -0.39 is 0 Å². The number of fused-ring (bicyclic) bond motifs is 1. The summed E-state index contributed by atoms with van der Waals surface area (Å²) in [6.45, 7) is 5.16. The van der Waals surface area contributed by atoms with Gasteiger partial charge in [-0.15, -0.1) is 6.42 Å². The Morgan fingerprint density at radius 3 is 2.89 bits per heavy atom. The van der Waals surface area contributed by atoms with Crippen LogP contribution in [0.3, 0.4) is 0 Å². The summed E-state index contributed by atoms with van der Waals surface area (Å²) in [5.41, 5.74) is 2.65. The van der Waals surface area contributed by atoms with E-state index in [4.69, 9.17) is 11.2 Å². The Bertz CT molecular complexity index is 1070. The monoisotopic (exact) mass is 378 g/mol. The minimum Gasteiger partial charge on any atom is -0.494 e. The van der Waals surface area contributed by atoms with E-state index in [1.807, 2.05) is 41.8 Å². The molecule has 27 heavy (non-hydrogen) atoms. The van der Waals surface area contributed by atoms with Gasteiger partial charge in [0, 0.05) is 5.56 Å². The third kappa shape index (κ3) is 4.29. The van der Waals surface area contributed by atoms with Crippen molar-refractivity contribution in [3.05, 3.63) is 58.4 Å². The Balaban J connectivity index is 1.98. The van der Waals surface area contributed by atoms with E-state index in [0.29, 0.717) is 29.3 Å². The molecule has 0 atom stereocenters. The number of nitrogens with zero attached hydrogens (tertiary/aromatic N) is 2. The largest absolute Gasteiger partial charge is 0.494 e. The van der Waals surface area contributed by atoms with Gasteiger partial charge in [-0.3, -0.25) is 4.79 Å². The number of hydrogen-bond acceptors (Lipinski definition) is 3. The summed E-state index contributed by atoms with van der Waals surface area (Å²) in [5.74, 6) is 3.05. The van der Waals surface area contributed by atoms with Crippen molar-refractivity contribution in [1.29, 1.82) is 0 Å². The summed E-state index contributed by atoms with van der Waals surface area (Å²) >= 11 is 1.47. The van der Waals surface area contributed by atoms with Crippen molar-refractivity contribution in [2.45, 2.75) is 33.2 Å². The lowest BCUT2D eigenvalue weighted by Gasteiger charge is -2.06. The van der Waals surface area contributed by atoms with Crippen molar-refractivity contribution in [2.24, 2.45) is 4.99 Å². The van der Waals surface area contributed by atoms with Crippen LogP contribution in [0.5, 0.6) is 5.75 Å². The molecule has 1 aromatic heterocycles. The maximum atomic E-state index is 12.7. The van der Waals surface area contributed by atoms with Gasteiger partial charge >= 0.3 is 0 Å². The maximum absolute atomic E-state index is 12.7. The van der Waals surface area contributed by atoms with Crippen LogP contribution in [0.4, 0.5) is 0 Å². The fourth-order valence-corrected chi connectivity index (χ4v) is 3.94. The van der Waals surface area contributed by atoms with E-state index in [-0.39, 0.29) is 5.91 Å². The van der Waals surface area contributed by atoms with E-state index in [1.165, 1.54) is 11.3 Å². The van der Waals surface area contributed by atoms with E-state index >= 15 is 0 Å². The summed E-state index contributed by atoms with van der Waals surface area (Å²) in [7, 11) is 0. The van der Waals surface area contributed by atoms with Crippen LogP contribution in [0.15, 0.2) is 47.5 Å². The highest BCUT2D eigenvalue weighted by Gasteiger charge is 2.11. The van der Waals surface area contributed by atoms with Crippen LogP contribution in [0.1, 0.15) is 35.7 Å². The third-order valence-corrected chi connectivity index (χ3v) is 5.24. The van der Waals surface area contributed by atoms with Crippen LogP contribution < -0.4 is 9.54 Å². The molecule has 1 amide bonds. The van der Waals surface area contributed by atoms with Gasteiger partial charge in [-0.2, -0.15) is 4.99 Å². The Morgan fingerprint density at radius 2 is 2.11 bits per heavy atom. The molecule has 0 fully saturated rings. The van der Waals surface area contributed by atoms with Crippen molar-refractivity contribution in [2.75, 3.05) is 6.61 Å². The lowest BCUT2D eigenvalue weighted by atomic mass is 10.2. The second-order valence-corrected chi connectivity index (χ2v) is 7.25. The van der Waals surface area contributed by atoms with Gasteiger partial charge in [-0.05, 0) is 43.2 Å². The molecule has 2 aromatic carbocycles. The van der Waals surface area contributed by atoms with Gasteiger partial charge in [-0.25, -0.2) is 0 Å². The van der Waals surface area contributed by atoms with Gasteiger partial charge in [-0.1, -0.05) is 48.8 Å². The molecule has 0 aliphatic rings. The molecule has 0 spiro atoms. The summed E-state index contributed by atoms with van der Waals surface area (Å²) in [6.07, 6.45) is 7.59. The number of rotatable bonds is 6. The van der Waals surface area contributed by atoms with Crippen LogP contribution >= 0.6 is 11.3 Å². The van der Waals surface area contributed by atoms with Gasteiger partial charge in [0.05, 0.1) is 23.4 Å². The fraction of sp³-hybridized carbons (Fsp3) is 0.273. The number of para-hydroxylation sites is 1. The number of ether oxygens (including phenoxy) is 1. The minimum absolute atomic E-state index is 0.300. The number of hydrogen-bond donors (Lipinski definition) is 0. The molecule has 0 saturated carbocycles. The van der Waals surface area contributed by atoms with Crippen LogP contribution in [0.2, 0.25) is 0 Å². The molecule has 0 aliphatic carbocycles. The van der Waals surface area contributed by atoms with E-state index in [2.05, 4.69) is 17.8 Å². The van der Waals surface area contributed by atoms with Gasteiger partial charge in [0.1, 0.15) is 5.75 Å². The van der Waals surface area contributed by atoms with Gasteiger partial charge < -0.3 is 9.30 Å². The van der Waals surface area contributed by atoms with Crippen LogP contribution in [0, 0.1) is 19.3 Å². The Kier molecular flexibility index (Phi) is 6.10. The second kappa shape index (κ2) is 8.70. The number of carbonyl (C=O) groups excluding carboxylic acids is 1. The summed E-state index contributed by atoms with van der Waals surface area (Å²) in [5, 5.41) is 0. The highest BCUT2D eigenvalue weighted by Crippen LogP contribution is 2.21. The Labute approximate surface area is 163 Å². The first-order valence-corrected chi connectivity index (χ1v) is 9.80. The first-order valence-electron chi connectivity index (χ1n) is 8.98. The first-order chi connectivity index (χ1) is 13.1. The zero-order valence-corrected chi connectivity index (χ0v) is 16.4. The average molecular weight is 378 g/mol. The molecule has 0 bridgehead atoms. The number of unbranched alkanes of at least 4 members (excludes halogenated alkanes) is 1. The van der Waals surface area contributed by atoms with Crippen molar-refractivity contribution in [1.82, 2.24) is 4.57 Å². The number of thiazole rings is 1. The number of aryl methyl sites for hydroxylation is 1. The standard InChI is InChI=1S/C22H22N2O2S/c1-4-6-14-26-18-11-8-10-17(15-18)21(25)23-22-24(13-5-2)20-16(3)9-7-12-19(20)27-22/h2,7-12,15H,4,6,13-14H2,1,3H3. The maximum Gasteiger partial charge on any atom is 0.279 e. The van der Waals surface area contributed by atoms with Crippen molar-refractivity contribution >= 4 is 27.5 Å². The molecule has 0 saturated heterocycles. The second-order valence-electron chi connectivity index (χ2n) is 6.24. The van der Waals surface area contributed by atoms with Crippen molar-refractivity contribution < 1.29 is 9.53 Å². The van der Waals surface area contributed by atoms with Gasteiger partial charge in [0.2, 0.25) is 0 Å². The summed E-state index contributed by atoms with van der Waals surface area (Å²) in [6, 6.07) is 13.2. The zero-order chi connectivity index (χ0) is 19.2. The topological polar surface area (TPSA) is 43.6 Å². The highest BCUT2D eigenvalue weighted by molar-refractivity contribution is 7.16. The zero-order valence-electron chi connectivity index (χ0n) is 15.6. The number of amides is 1. The third-order valence-electron chi connectivity index (χ3n) is 4.20. The number of terminal acetylenes is 1. The molecule has 5 heteroatoms. The molecule has 138 valence electrons. The molecular formula is C22H22N2O2S. The summed E-state index contributed by atoms with van der Waals surface area (Å²) in [4.78, 5) is 17.7. The normalized spacial score (nSPS) is 11.5. The van der Waals surface area contributed by atoms with Crippen LogP contribution in [-0.4, -0.2) is 17.1 Å². The predicted molar refractivity (Wildman–Crippen MR) is 110 cm³/mol. The fourth-order valence-electron chi connectivity index (χ4n) is 2.84. The molecule has 3 rings (SSSR count). The smallest absolute Gasteiger partial charge is 0.279 e. The van der Waals surface area contributed by atoms with Crippen molar-refractivity contribution in [3.8, 4) is 18.1 Å². The quantitative estimate of drug-likeness (QED) is 0.466. The minimum atomic E-state index is -0.300. The highest BCUT2D eigenvalue weighted by atomic mass is 32.1. The molecule has 0 unspecified atom stereocenters. The van der Waals surface area contributed by atoms with Crippen molar-refractivity contribution in [3.63, 3.8) is 0 Å². The molecular weight excluding hydrogens is 356 g/mol. The molecule has 0 N–H and O–H groups in total. The van der Waals surface area contributed by atoms with E-state index in [1.54, 1.807) is 12.1 Å². The number of carbonyl (C=O) groups is 1. The van der Waals surface area contributed by atoms with E-state index in [0.717, 1.165) is 28.6 Å². The number of benzene rings is 2. The number of aromatic nitrogens is 1. The molecule has 1 heterocycles. The predicted octanol–water partition coefficient (Wildman–Crippen LogP) is 4.56. The lowest BCUT2D eigenvalue weighted by Crippen LogP contribution is -2.17.